The van der Waals surface area contributed by atoms with Crippen LogP contribution in [0, 0.1) is 0 Å². The molecule has 0 radical (unpaired) electrons. The Morgan fingerprint density at radius 3 is 2.00 bits per heavy atom. The first-order chi connectivity index (χ1) is 10.4. The Morgan fingerprint density at radius 2 is 1.38 bits per heavy atom. The SMILES string of the molecule is CCCCCCCCCCCCC=CNCCNCCN. The lowest BCUT2D eigenvalue weighted by atomic mass is 10.1. The number of hydrogen-bond donors (Lipinski definition) is 3. The molecule has 0 saturated carbocycles. The largest absolute Gasteiger partial charge is 0.390 e. The van der Waals surface area contributed by atoms with Gasteiger partial charge in [0.2, 0.25) is 0 Å². The van der Waals surface area contributed by atoms with E-state index in [4.69, 9.17) is 5.73 Å². The fourth-order valence-electron chi connectivity index (χ4n) is 2.39. The highest BCUT2D eigenvalue weighted by Crippen LogP contribution is 2.11. The molecule has 0 rings (SSSR count). The molecule has 4 N–H and O–H groups in total. The first-order valence-corrected chi connectivity index (χ1v) is 9.21. The van der Waals surface area contributed by atoms with Gasteiger partial charge in [0.15, 0.2) is 0 Å². The monoisotopic (exact) mass is 297 g/mol. The summed E-state index contributed by atoms with van der Waals surface area (Å²) in [7, 11) is 0. The van der Waals surface area contributed by atoms with Gasteiger partial charge in [0, 0.05) is 26.2 Å². The summed E-state index contributed by atoms with van der Waals surface area (Å²) < 4.78 is 0. The van der Waals surface area contributed by atoms with Crippen LogP contribution in [-0.2, 0) is 0 Å². The van der Waals surface area contributed by atoms with Gasteiger partial charge in [-0.2, -0.15) is 0 Å². The second kappa shape index (κ2) is 19.5. The normalized spacial score (nSPS) is 11.3. The van der Waals surface area contributed by atoms with Crippen molar-refractivity contribution < 1.29 is 0 Å². The summed E-state index contributed by atoms with van der Waals surface area (Å²) in [5.74, 6) is 0. The Hall–Kier alpha value is -0.540. The summed E-state index contributed by atoms with van der Waals surface area (Å²) in [5.41, 5.74) is 5.40. The fraction of sp³-hybridized carbons (Fsp3) is 0.889. The van der Waals surface area contributed by atoms with E-state index in [1.807, 2.05) is 0 Å². The predicted molar refractivity (Wildman–Crippen MR) is 95.5 cm³/mol. The number of hydrogen-bond acceptors (Lipinski definition) is 3. The number of rotatable bonds is 17. The molecule has 0 saturated heterocycles. The third kappa shape index (κ3) is 19.5. The van der Waals surface area contributed by atoms with E-state index >= 15 is 0 Å². The molecule has 0 aromatic heterocycles. The molecule has 0 amide bonds. The third-order valence-electron chi connectivity index (χ3n) is 3.73. The summed E-state index contributed by atoms with van der Waals surface area (Å²) in [6.07, 6.45) is 19.7. The standard InChI is InChI=1S/C18H39N3/c1-2-3-4-5-6-7-8-9-10-11-12-13-15-20-17-18-21-16-14-19/h13,15,20-21H,2-12,14,16-19H2,1H3. The predicted octanol–water partition coefficient (Wildman–Crippen LogP) is 3.95. The molecule has 0 aliphatic heterocycles. The molecular formula is C18H39N3. The maximum Gasteiger partial charge on any atom is 0.0266 e. The number of unbranched alkanes of at least 4 members (excludes halogenated alkanes) is 10. The molecule has 0 aliphatic rings. The molecule has 0 aromatic carbocycles. The van der Waals surface area contributed by atoms with E-state index in [2.05, 4.69) is 29.8 Å². The minimum absolute atomic E-state index is 0.717. The molecule has 3 heteroatoms. The first kappa shape index (κ1) is 20.5. The number of allylic oxidation sites excluding steroid dienone is 1. The van der Waals surface area contributed by atoms with Crippen molar-refractivity contribution in [3.05, 3.63) is 12.3 Å². The maximum atomic E-state index is 5.40. The molecule has 3 nitrogen and oxygen atoms in total. The van der Waals surface area contributed by atoms with Crippen molar-refractivity contribution in [2.75, 3.05) is 26.2 Å². The van der Waals surface area contributed by atoms with Crippen LogP contribution in [0.2, 0.25) is 0 Å². The molecule has 0 atom stereocenters. The van der Waals surface area contributed by atoms with Gasteiger partial charge in [0.1, 0.15) is 0 Å². The summed E-state index contributed by atoms with van der Waals surface area (Å²) in [4.78, 5) is 0. The van der Waals surface area contributed by atoms with Crippen LogP contribution in [0.3, 0.4) is 0 Å². The van der Waals surface area contributed by atoms with E-state index in [-0.39, 0.29) is 0 Å². The third-order valence-corrected chi connectivity index (χ3v) is 3.73. The van der Waals surface area contributed by atoms with Gasteiger partial charge in [-0.1, -0.05) is 70.8 Å². The van der Waals surface area contributed by atoms with Gasteiger partial charge in [-0.25, -0.2) is 0 Å². The van der Waals surface area contributed by atoms with Crippen LogP contribution in [-0.4, -0.2) is 26.2 Å². The van der Waals surface area contributed by atoms with Crippen molar-refractivity contribution in [1.82, 2.24) is 10.6 Å². The average Bonchev–Trinajstić information content (AvgIpc) is 2.50. The smallest absolute Gasteiger partial charge is 0.0266 e. The zero-order chi connectivity index (χ0) is 15.4. The lowest BCUT2D eigenvalue weighted by Crippen LogP contribution is -2.28. The van der Waals surface area contributed by atoms with Gasteiger partial charge < -0.3 is 16.4 Å². The molecule has 21 heavy (non-hydrogen) atoms. The van der Waals surface area contributed by atoms with Crippen LogP contribution in [0.15, 0.2) is 12.3 Å². The van der Waals surface area contributed by atoms with E-state index < -0.39 is 0 Å². The van der Waals surface area contributed by atoms with Crippen molar-refractivity contribution in [2.45, 2.75) is 77.6 Å². The summed E-state index contributed by atoms with van der Waals surface area (Å²) >= 11 is 0. The topological polar surface area (TPSA) is 50.1 Å². The van der Waals surface area contributed by atoms with Crippen LogP contribution in [0.1, 0.15) is 77.6 Å². The van der Waals surface area contributed by atoms with Crippen molar-refractivity contribution in [3.8, 4) is 0 Å². The zero-order valence-corrected chi connectivity index (χ0v) is 14.3. The Labute approximate surface area is 133 Å². The lowest BCUT2D eigenvalue weighted by molar-refractivity contribution is 0.557. The van der Waals surface area contributed by atoms with E-state index in [9.17, 15) is 0 Å². The highest BCUT2D eigenvalue weighted by atomic mass is 14.9. The van der Waals surface area contributed by atoms with E-state index in [0.717, 1.165) is 19.6 Å². The molecule has 0 fully saturated rings. The van der Waals surface area contributed by atoms with Gasteiger partial charge in [-0.05, 0) is 19.0 Å². The van der Waals surface area contributed by atoms with Gasteiger partial charge in [0.05, 0.1) is 0 Å². The van der Waals surface area contributed by atoms with Crippen LogP contribution in [0.5, 0.6) is 0 Å². The van der Waals surface area contributed by atoms with E-state index in [1.165, 1.54) is 70.6 Å². The minimum Gasteiger partial charge on any atom is -0.390 e. The van der Waals surface area contributed by atoms with Crippen molar-refractivity contribution in [3.63, 3.8) is 0 Å². The Kier molecular flexibility index (Phi) is 19.0. The zero-order valence-electron chi connectivity index (χ0n) is 14.3. The van der Waals surface area contributed by atoms with Crippen LogP contribution >= 0.6 is 0 Å². The molecule has 126 valence electrons. The van der Waals surface area contributed by atoms with Crippen LogP contribution in [0.25, 0.3) is 0 Å². The highest BCUT2D eigenvalue weighted by Gasteiger charge is 1.91. The van der Waals surface area contributed by atoms with E-state index in [1.54, 1.807) is 0 Å². The first-order valence-electron chi connectivity index (χ1n) is 9.21. The highest BCUT2D eigenvalue weighted by molar-refractivity contribution is 4.79. The van der Waals surface area contributed by atoms with Gasteiger partial charge in [0.25, 0.3) is 0 Å². The number of nitrogens with one attached hydrogen (secondary N) is 2. The molecule has 0 unspecified atom stereocenters. The molecule has 0 aromatic rings. The number of nitrogens with two attached hydrogens (primary N) is 1. The molecule has 0 aliphatic carbocycles. The maximum absolute atomic E-state index is 5.40. The Morgan fingerprint density at radius 1 is 0.762 bits per heavy atom. The van der Waals surface area contributed by atoms with E-state index in [0.29, 0.717) is 6.54 Å². The second-order valence-corrected chi connectivity index (χ2v) is 5.87. The van der Waals surface area contributed by atoms with Gasteiger partial charge >= 0.3 is 0 Å². The van der Waals surface area contributed by atoms with Gasteiger partial charge in [-0.3, -0.25) is 0 Å². The molecule has 0 heterocycles. The minimum atomic E-state index is 0.717. The van der Waals surface area contributed by atoms with Crippen molar-refractivity contribution >= 4 is 0 Å². The molecule has 0 spiro atoms. The van der Waals surface area contributed by atoms with Crippen LogP contribution in [0.4, 0.5) is 0 Å². The summed E-state index contributed by atoms with van der Waals surface area (Å²) in [6, 6.07) is 0. The summed E-state index contributed by atoms with van der Waals surface area (Å²) in [6.45, 7) is 5.87. The molecular weight excluding hydrogens is 258 g/mol. The van der Waals surface area contributed by atoms with Gasteiger partial charge in [-0.15, -0.1) is 0 Å². The second-order valence-electron chi connectivity index (χ2n) is 5.87. The van der Waals surface area contributed by atoms with Crippen LogP contribution < -0.4 is 16.4 Å². The van der Waals surface area contributed by atoms with Crippen molar-refractivity contribution in [1.29, 1.82) is 0 Å². The fourth-order valence-corrected chi connectivity index (χ4v) is 2.39. The Balaban J connectivity index is 3.01. The molecule has 0 bridgehead atoms. The lowest BCUT2D eigenvalue weighted by Gasteiger charge is -2.02. The average molecular weight is 298 g/mol. The van der Waals surface area contributed by atoms with Crippen molar-refractivity contribution in [2.24, 2.45) is 5.73 Å². The quantitative estimate of drug-likeness (QED) is 0.356. The Bertz CT molecular complexity index is 205. The summed E-state index contributed by atoms with van der Waals surface area (Å²) in [5, 5.41) is 6.56.